The van der Waals surface area contributed by atoms with Gasteiger partial charge in [0.05, 0.1) is 5.56 Å². The zero-order valence-electron chi connectivity index (χ0n) is 20.0. The fourth-order valence-corrected chi connectivity index (χ4v) is 5.29. The van der Waals surface area contributed by atoms with Crippen LogP contribution in [0.4, 0.5) is 8.78 Å². The Labute approximate surface area is 192 Å². The zero-order valence-corrected chi connectivity index (χ0v) is 20.0. The van der Waals surface area contributed by atoms with E-state index >= 15 is 0 Å². The minimum absolute atomic E-state index is 0.195. The summed E-state index contributed by atoms with van der Waals surface area (Å²) in [7, 11) is 0. The smallest absolute Gasteiger partial charge is 0.168 e. The molecule has 0 saturated heterocycles. The highest BCUT2D eigenvalue weighted by molar-refractivity contribution is 5.97. The van der Waals surface area contributed by atoms with Crippen LogP contribution in [0, 0.1) is 17.0 Å². The zero-order chi connectivity index (χ0) is 23.1. The van der Waals surface area contributed by atoms with Gasteiger partial charge < -0.3 is 0 Å². The third-order valence-corrected chi connectivity index (χ3v) is 7.34. The number of halogens is 2. The molecule has 2 aromatic rings. The van der Waals surface area contributed by atoms with Gasteiger partial charge in [-0.3, -0.25) is 4.79 Å². The van der Waals surface area contributed by atoms with Crippen molar-refractivity contribution < 1.29 is 13.6 Å². The number of benzene rings is 2. The molecule has 0 heterocycles. The Balaban J connectivity index is 1.68. The van der Waals surface area contributed by atoms with Gasteiger partial charge in [0.25, 0.3) is 0 Å². The highest BCUT2D eigenvalue weighted by Crippen LogP contribution is 2.45. The van der Waals surface area contributed by atoms with Crippen LogP contribution in [0.3, 0.4) is 0 Å². The number of hydrogen-bond donors (Lipinski definition) is 0. The fourth-order valence-electron chi connectivity index (χ4n) is 5.29. The summed E-state index contributed by atoms with van der Waals surface area (Å²) in [6.07, 6.45) is 11.3. The van der Waals surface area contributed by atoms with E-state index in [0.29, 0.717) is 23.3 Å². The summed E-state index contributed by atoms with van der Waals surface area (Å²) in [5.74, 6) is -1.39. The quantitative estimate of drug-likeness (QED) is 0.266. The van der Waals surface area contributed by atoms with E-state index in [1.807, 2.05) is 12.1 Å². The van der Waals surface area contributed by atoms with E-state index < -0.39 is 17.4 Å². The molecule has 3 rings (SSSR count). The van der Waals surface area contributed by atoms with Crippen LogP contribution in [0.1, 0.15) is 113 Å². The van der Waals surface area contributed by atoms with Crippen LogP contribution >= 0.6 is 0 Å². The first-order valence-corrected chi connectivity index (χ1v) is 12.5. The third kappa shape index (κ3) is 6.05. The lowest BCUT2D eigenvalue weighted by atomic mass is 9.68. The Morgan fingerprint density at radius 1 is 0.906 bits per heavy atom. The molecule has 0 atom stereocenters. The number of ketones is 1. The Bertz CT molecular complexity index is 869. The van der Waals surface area contributed by atoms with Crippen LogP contribution in [0.15, 0.2) is 36.4 Å². The largest absolute Gasteiger partial charge is 0.294 e. The molecule has 0 aromatic heterocycles. The Morgan fingerprint density at radius 3 is 2.09 bits per heavy atom. The van der Waals surface area contributed by atoms with Gasteiger partial charge in [0.2, 0.25) is 0 Å². The molecule has 0 unspecified atom stereocenters. The molecule has 0 amide bonds. The minimum atomic E-state index is -0.757. The molecule has 0 radical (unpaired) electrons. The van der Waals surface area contributed by atoms with Crippen molar-refractivity contribution in [3.8, 4) is 11.1 Å². The summed E-state index contributed by atoms with van der Waals surface area (Å²) in [6.45, 7) is 6.76. The molecule has 3 heteroatoms. The third-order valence-electron chi connectivity index (χ3n) is 7.34. The molecule has 1 aliphatic rings. The van der Waals surface area contributed by atoms with Crippen molar-refractivity contribution in [2.24, 2.45) is 5.41 Å². The molecule has 1 saturated carbocycles. The van der Waals surface area contributed by atoms with Crippen LogP contribution in [-0.4, -0.2) is 5.78 Å². The van der Waals surface area contributed by atoms with Crippen LogP contribution < -0.4 is 0 Å². The lowest BCUT2D eigenvalue weighted by Crippen LogP contribution is -2.23. The van der Waals surface area contributed by atoms with Crippen molar-refractivity contribution in [2.45, 2.75) is 97.3 Å². The second kappa shape index (κ2) is 11.2. The minimum Gasteiger partial charge on any atom is -0.294 e. The van der Waals surface area contributed by atoms with Crippen molar-refractivity contribution >= 4 is 5.78 Å². The summed E-state index contributed by atoms with van der Waals surface area (Å²) in [4.78, 5) is 12.3. The van der Waals surface area contributed by atoms with E-state index in [1.165, 1.54) is 56.2 Å². The van der Waals surface area contributed by atoms with Gasteiger partial charge in [-0.15, -0.1) is 0 Å². The average Bonchev–Trinajstić information content (AvgIpc) is 2.77. The average molecular weight is 441 g/mol. The summed E-state index contributed by atoms with van der Waals surface area (Å²) in [5, 5.41) is 0. The first kappa shape index (κ1) is 24.6. The maximum absolute atomic E-state index is 14.7. The number of Topliss-reactive ketones (excluding diaryl/α,β-unsaturated/α-hetero) is 1. The van der Waals surface area contributed by atoms with Gasteiger partial charge in [-0.25, -0.2) is 8.78 Å². The van der Waals surface area contributed by atoms with Crippen LogP contribution in [0.5, 0.6) is 0 Å². The second-order valence-corrected chi connectivity index (χ2v) is 10.0. The molecule has 174 valence electrons. The fraction of sp³-hybridized carbons (Fsp3) is 0.552. The van der Waals surface area contributed by atoms with Gasteiger partial charge in [-0.05, 0) is 78.7 Å². The molecule has 1 aliphatic carbocycles. The topological polar surface area (TPSA) is 17.1 Å². The highest BCUT2D eigenvalue weighted by atomic mass is 19.1. The Morgan fingerprint density at radius 2 is 1.53 bits per heavy atom. The van der Waals surface area contributed by atoms with Crippen molar-refractivity contribution in [3.63, 3.8) is 0 Å². The summed E-state index contributed by atoms with van der Waals surface area (Å²) in [5.41, 5.74) is 2.66. The van der Waals surface area contributed by atoms with Crippen LogP contribution in [0.25, 0.3) is 11.1 Å². The first-order valence-electron chi connectivity index (χ1n) is 12.5. The number of rotatable bonds is 10. The van der Waals surface area contributed by atoms with Gasteiger partial charge in [0.1, 0.15) is 11.6 Å². The van der Waals surface area contributed by atoms with Gasteiger partial charge >= 0.3 is 0 Å². The molecule has 2 aromatic carbocycles. The standard InChI is InChI=1S/C29H38F2O/c1-4-6-7-8-9-27(32)28-25(30)19-24(20-26(28)31)22-12-10-21(11-13-22)23-14-17-29(3,16-5-2)18-15-23/h10-13,19-20,23H,4-9,14-18H2,1-3H3. The van der Waals surface area contributed by atoms with Crippen molar-refractivity contribution in [1.82, 2.24) is 0 Å². The lowest BCUT2D eigenvalue weighted by Gasteiger charge is -2.37. The number of hydrogen-bond acceptors (Lipinski definition) is 1. The van der Waals surface area contributed by atoms with E-state index in [1.54, 1.807) is 0 Å². The molecule has 0 spiro atoms. The molecule has 32 heavy (non-hydrogen) atoms. The van der Waals surface area contributed by atoms with E-state index in [2.05, 4.69) is 32.9 Å². The molecule has 0 aliphatic heterocycles. The molecule has 1 fully saturated rings. The summed E-state index contributed by atoms with van der Waals surface area (Å²) < 4.78 is 29.3. The van der Waals surface area contributed by atoms with E-state index in [0.717, 1.165) is 24.8 Å². The Kier molecular flexibility index (Phi) is 8.62. The first-order chi connectivity index (χ1) is 15.4. The Hall–Kier alpha value is -2.03. The molecule has 0 N–H and O–H groups in total. The van der Waals surface area contributed by atoms with Gasteiger partial charge in [-0.1, -0.05) is 70.7 Å². The monoisotopic (exact) mass is 440 g/mol. The van der Waals surface area contributed by atoms with E-state index in [-0.39, 0.29) is 12.0 Å². The highest BCUT2D eigenvalue weighted by Gasteiger charge is 2.30. The van der Waals surface area contributed by atoms with Gasteiger partial charge in [0.15, 0.2) is 5.78 Å². The van der Waals surface area contributed by atoms with Crippen molar-refractivity contribution in [1.29, 1.82) is 0 Å². The number of carbonyl (C=O) groups excluding carboxylic acids is 1. The van der Waals surface area contributed by atoms with Gasteiger partial charge in [-0.2, -0.15) is 0 Å². The molecule has 0 bridgehead atoms. The number of unbranched alkanes of at least 4 members (excludes halogenated alkanes) is 3. The predicted octanol–water partition coefficient (Wildman–Crippen LogP) is 9.25. The molecular formula is C29H38F2O. The van der Waals surface area contributed by atoms with Gasteiger partial charge in [0, 0.05) is 6.42 Å². The predicted molar refractivity (Wildman–Crippen MR) is 129 cm³/mol. The van der Waals surface area contributed by atoms with Crippen molar-refractivity contribution in [2.75, 3.05) is 0 Å². The normalized spacial score (nSPS) is 21.0. The number of carbonyl (C=O) groups is 1. The summed E-state index contributed by atoms with van der Waals surface area (Å²) in [6, 6.07) is 10.7. The lowest BCUT2D eigenvalue weighted by molar-refractivity contribution is 0.0971. The molecular weight excluding hydrogens is 402 g/mol. The maximum Gasteiger partial charge on any atom is 0.168 e. The SMILES string of the molecule is CCCCCCC(=O)c1c(F)cc(-c2ccc(C3CCC(C)(CCC)CC3)cc2)cc1F. The van der Waals surface area contributed by atoms with E-state index in [9.17, 15) is 13.6 Å². The van der Waals surface area contributed by atoms with Crippen LogP contribution in [0.2, 0.25) is 0 Å². The van der Waals surface area contributed by atoms with E-state index in [4.69, 9.17) is 0 Å². The molecule has 1 nitrogen and oxygen atoms in total. The maximum atomic E-state index is 14.7. The van der Waals surface area contributed by atoms with Crippen molar-refractivity contribution in [3.05, 3.63) is 59.2 Å². The second-order valence-electron chi connectivity index (χ2n) is 10.0. The van der Waals surface area contributed by atoms with Crippen LogP contribution in [-0.2, 0) is 0 Å². The summed E-state index contributed by atoms with van der Waals surface area (Å²) >= 11 is 0.